The average Bonchev–Trinajstić information content (AvgIpc) is 3.02. The van der Waals surface area contributed by atoms with E-state index < -0.39 is 0 Å². The molecule has 0 fully saturated rings. The number of rotatable bonds is 6. The molecule has 1 N–H and O–H groups in total. The van der Waals surface area contributed by atoms with Crippen LogP contribution in [0.3, 0.4) is 0 Å². The van der Waals surface area contributed by atoms with Gasteiger partial charge in [0.05, 0.1) is 5.69 Å². The lowest BCUT2D eigenvalue weighted by Crippen LogP contribution is -2.23. The number of carbonyl (C=O) groups excluding carboxylic acids is 1. The summed E-state index contributed by atoms with van der Waals surface area (Å²) in [6.45, 7) is 2.54. The number of aromatic nitrogens is 2. The van der Waals surface area contributed by atoms with Crippen LogP contribution in [0.4, 0.5) is 0 Å². The minimum atomic E-state index is -0.0683. The van der Waals surface area contributed by atoms with E-state index in [-0.39, 0.29) is 5.91 Å². The highest BCUT2D eigenvalue weighted by Crippen LogP contribution is 2.08. The molecule has 0 saturated heterocycles. The van der Waals surface area contributed by atoms with E-state index in [1.807, 2.05) is 48.2 Å². The maximum Gasteiger partial charge on any atom is 0.243 e. The number of allylic oxidation sites excluding steroid dienone is 3. The molecule has 1 heterocycles. The van der Waals surface area contributed by atoms with Crippen molar-refractivity contribution in [3.8, 4) is 5.69 Å². The summed E-state index contributed by atoms with van der Waals surface area (Å²) in [5.74, 6) is -0.0683. The van der Waals surface area contributed by atoms with Crippen molar-refractivity contribution in [2.75, 3.05) is 6.54 Å². The highest BCUT2D eigenvalue weighted by atomic mass is 16.1. The van der Waals surface area contributed by atoms with Gasteiger partial charge in [0, 0.05) is 25.0 Å². The molecule has 4 heteroatoms. The fourth-order valence-electron chi connectivity index (χ4n) is 1.88. The van der Waals surface area contributed by atoms with Gasteiger partial charge in [-0.1, -0.05) is 30.4 Å². The molecule has 21 heavy (non-hydrogen) atoms. The maximum atomic E-state index is 11.5. The third-order valence-corrected chi connectivity index (χ3v) is 2.97. The summed E-state index contributed by atoms with van der Waals surface area (Å²) in [4.78, 5) is 11.5. The first-order valence-electron chi connectivity index (χ1n) is 6.96. The van der Waals surface area contributed by atoms with Crippen LogP contribution in [0, 0.1) is 0 Å². The first-order valence-corrected chi connectivity index (χ1v) is 6.96. The zero-order chi connectivity index (χ0) is 14.9. The molecular formula is C17H19N3O. The van der Waals surface area contributed by atoms with Crippen LogP contribution in [0.1, 0.15) is 12.5 Å². The summed E-state index contributed by atoms with van der Waals surface area (Å²) in [6.07, 6.45) is 11.4. The number of nitrogens with one attached hydrogen (secondary N) is 1. The fourth-order valence-corrected chi connectivity index (χ4v) is 1.88. The molecule has 0 spiro atoms. The lowest BCUT2D eigenvalue weighted by molar-refractivity contribution is -0.116. The van der Waals surface area contributed by atoms with Gasteiger partial charge in [-0.3, -0.25) is 4.79 Å². The van der Waals surface area contributed by atoms with Crippen molar-refractivity contribution in [1.29, 1.82) is 0 Å². The first kappa shape index (κ1) is 14.8. The lowest BCUT2D eigenvalue weighted by atomic mass is 10.1. The molecule has 1 amide bonds. The molecule has 1 aromatic heterocycles. The van der Waals surface area contributed by atoms with Crippen LogP contribution in [0.5, 0.6) is 0 Å². The zero-order valence-corrected chi connectivity index (χ0v) is 12.1. The Hall–Kier alpha value is -2.62. The van der Waals surface area contributed by atoms with Crippen LogP contribution in [-0.2, 0) is 11.2 Å². The van der Waals surface area contributed by atoms with E-state index in [1.54, 1.807) is 12.3 Å². The van der Waals surface area contributed by atoms with Crippen molar-refractivity contribution in [2.24, 2.45) is 0 Å². The summed E-state index contributed by atoms with van der Waals surface area (Å²) in [5.41, 5.74) is 2.21. The molecule has 0 aliphatic carbocycles. The molecule has 2 aromatic rings. The number of hydrogen-bond donors (Lipinski definition) is 1. The highest BCUT2D eigenvalue weighted by Gasteiger charge is 1.98. The zero-order valence-electron chi connectivity index (χ0n) is 12.1. The minimum Gasteiger partial charge on any atom is -0.352 e. The van der Waals surface area contributed by atoms with Crippen molar-refractivity contribution in [1.82, 2.24) is 15.1 Å². The molecule has 0 aliphatic heterocycles. The Balaban J connectivity index is 1.80. The molecular weight excluding hydrogens is 262 g/mol. The van der Waals surface area contributed by atoms with Crippen LogP contribution >= 0.6 is 0 Å². The third-order valence-electron chi connectivity index (χ3n) is 2.97. The van der Waals surface area contributed by atoms with Gasteiger partial charge in [0.2, 0.25) is 5.91 Å². The van der Waals surface area contributed by atoms with Gasteiger partial charge in [-0.25, -0.2) is 4.68 Å². The van der Waals surface area contributed by atoms with Crippen molar-refractivity contribution in [3.63, 3.8) is 0 Å². The molecule has 0 unspecified atom stereocenters. The predicted octanol–water partition coefficient (Wildman–Crippen LogP) is 2.66. The quantitative estimate of drug-likeness (QED) is 0.653. The Bertz CT molecular complexity index is 610. The second kappa shape index (κ2) is 7.85. The van der Waals surface area contributed by atoms with Gasteiger partial charge in [-0.2, -0.15) is 5.10 Å². The number of nitrogens with zero attached hydrogens (tertiary/aromatic N) is 2. The molecule has 0 radical (unpaired) electrons. The predicted molar refractivity (Wildman–Crippen MR) is 84.2 cm³/mol. The van der Waals surface area contributed by atoms with Crippen molar-refractivity contribution < 1.29 is 4.79 Å². The summed E-state index contributed by atoms with van der Waals surface area (Å²) in [7, 11) is 0. The Morgan fingerprint density at radius 2 is 2.10 bits per heavy atom. The minimum absolute atomic E-state index is 0.0683. The van der Waals surface area contributed by atoms with Gasteiger partial charge in [-0.05, 0) is 37.1 Å². The number of carbonyl (C=O) groups is 1. The third kappa shape index (κ3) is 4.76. The van der Waals surface area contributed by atoms with Gasteiger partial charge in [0.15, 0.2) is 0 Å². The van der Waals surface area contributed by atoms with Crippen LogP contribution in [0.15, 0.2) is 67.0 Å². The Morgan fingerprint density at radius 1 is 1.29 bits per heavy atom. The van der Waals surface area contributed by atoms with E-state index in [1.165, 1.54) is 11.6 Å². The number of hydrogen-bond acceptors (Lipinski definition) is 2. The van der Waals surface area contributed by atoms with Crippen molar-refractivity contribution in [3.05, 3.63) is 72.6 Å². The summed E-state index contributed by atoms with van der Waals surface area (Å²) in [5, 5.41) is 7.04. The van der Waals surface area contributed by atoms with Gasteiger partial charge in [0.1, 0.15) is 0 Å². The monoisotopic (exact) mass is 281 g/mol. The Kier molecular flexibility index (Phi) is 5.52. The van der Waals surface area contributed by atoms with E-state index >= 15 is 0 Å². The fraction of sp³-hybridized carbons (Fsp3) is 0.176. The van der Waals surface area contributed by atoms with Gasteiger partial charge in [-0.15, -0.1) is 0 Å². The summed E-state index contributed by atoms with van der Waals surface area (Å²) in [6, 6.07) is 10.1. The van der Waals surface area contributed by atoms with Crippen molar-refractivity contribution >= 4 is 5.91 Å². The molecule has 0 atom stereocenters. The van der Waals surface area contributed by atoms with Crippen LogP contribution < -0.4 is 5.32 Å². The largest absolute Gasteiger partial charge is 0.352 e. The SMILES string of the molecule is C/C=C/C=C/C(=O)NCCc1ccc(-n2cccn2)cc1. The number of amides is 1. The first-order chi connectivity index (χ1) is 10.3. The van der Waals surface area contributed by atoms with E-state index in [2.05, 4.69) is 22.5 Å². The van der Waals surface area contributed by atoms with E-state index in [0.717, 1.165) is 12.1 Å². The number of benzene rings is 1. The summed E-state index contributed by atoms with van der Waals surface area (Å²) < 4.78 is 1.82. The second-order valence-electron chi connectivity index (χ2n) is 4.54. The van der Waals surface area contributed by atoms with Gasteiger partial charge < -0.3 is 5.32 Å². The van der Waals surface area contributed by atoms with Crippen LogP contribution in [0.25, 0.3) is 5.69 Å². The molecule has 0 saturated carbocycles. The Labute approximate surface area is 124 Å². The van der Waals surface area contributed by atoms with Crippen LogP contribution in [-0.4, -0.2) is 22.2 Å². The smallest absolute Gasteiger partial charge is 0.243 e. The molecule has 2 rings (SSSR count). The normalized spacial score (nSPS) is 11.3. The maximum absolute atomic E-state index is 11.5. The average molecular weight is 281 g/mol. The standard InChI is InChI=1S/C17H19N3O/c1-2-3-4-6-17(21)18-13-11-15-7-9-16(10-8-15)20-14-5-12-19-20/h2-10,12,14H,11,13H2,1H3,(H,18,21)/b3-2+,6-4+. The Morgan fingerprint density at radius 3 is 2.76 bits per heavy atom. The van der Waals surface area contributed by atoms with Crippen LogP contribution in [0.2, 0.25) is 0 Å². The second-order valence-corrected chi connectivity index (χ2v) is 4.54. The molecule has 0 aliphatic rings. The lowest BCUT2D eigenvalue weighted by Gasteiger charge is -2.05. The highest BCUT2D eigenvalue weighted by molar-refractivity contribution is 5.87. The molecule has 0 bridgehead atoms. The molecule has 4 nitrogen and oxygen atoms in total. The van der Waals surface area contributed by atoms with Gasteiger partial charge in [0.25, 0.3) is 0 Å². The molecule has 1 aromatic carbocycles. The van der Waals surface area contributed by atoms with Crippen molar-refractivity contribution in [2.45, 2.75) is 13.3 Å². The summed E-state index contributed by atoms with van der Waals surface area (Å²) >= 11 is 0. The molecule has 108 valence electrons. The van der Waals surface area contributed by atoms with E-state index in [9.17, 15) is 4.79 Å². The van der Waals surface area contributed by atoms with E-state index in [0.29, 0.717) is 6.54 Å². The van der Waals surface area contributed by atoms with E-state index in [4.69, 9.17) is 0 Å². The topological polar surface area (TPSA) is 46.9 Å². The van der Waals surface area contributed by atoms with Gasteiger partial charge >= 0.3 is 0 Å².